The minimum absolute atomic E-state index is 0.229. The summed E-state index contributed by atoms with van der Waals surface area (Å²) in [4.78, 5) is 0. The largest absolute Gasteiger partial charge is 0.394 e. The zero-order chi connectivity index (χ0) is 13.8. The van der Waals surface area contributed by atoms with Gasteiger partial charge in [0, 0.05) is 0 Å². The van der Waals surface area contributed by atoms with Gasteiger partial charge in [0.25, 0.3) is 0 Å². The summed E-state index contributed by atoms with van der Waals surface area (Å²) in [7, 11) is 0. The van der Waals surface area contributed by atoms with E-state index >= 15 is 0 Å². The molecule has 0 unspecified atom stereocenters. The van der Waals surface area contributed by atoms with E-state index < -0.39 is 37.1 Å². The van der Waals surface area contributed by atoms with Crippen LogP contribution in [0.4, 0.5) is 0 Å². The van der Waals surface area contributed by atoms with Crippen molar-refractivity contribution < 1.29 is 30.6 Å². The minimum Gasteiger partial charge on any atom is -0.394 e. The van der Waals surface area contributed by atoms with Crippen LogP contribution in [0.5, 0.6) is 0 Å². The third kappa shape index (κ3) is 5.76. The van der Waals surface area contributed by atoms with Crippen LogP contribution in [0, 0.1) is 5.41 Å². The molecule has 0 saturated carbocycles. The Kier molecular flexibility index (Phi) is 6.53. The molecule has 5 atom stereocenters. The van der Waals surface area contributed by atoms with Gasteiger partial charge in [-0.25, -0.2) is 0 Å². The van der Waals surface area contributed by atoms with Crippen molar-refractivity contribution in [1.29, 1.82) is 0 Å². The van der Waals surface area contributed by atoms with Crippen molar-refractivity contribution in [2.24, 2.45) is 5.41 Å². The summed E-state index contributed by atoms with van der Waals surface area (Å²) < 4.78 is 0. The summed E-state index contributed by atoms with van der Waals surface area (Å²) in [5.74, 6) is 0. The van der Waals surface area contributed by atoms with E-state index in [1.165, 1.54) is 0 Å². The molecule has 0 spiro atoms. The molecule has 6 heteroatoms. The first-order valence-electron chi connectivity index (χ1n) is 5.61. The highest BCUT2D eigenvalue weighted by molar-refractivity contribution is 4.86. The van der Waals surface area contributed by atoms with Gasteiger partial charge in [-0.15, -0.1) is 0 Å². The van der Waals surface area contributed by atoms with E-state index in [-0.39, 0.29) is 11.8 Å². The lowest BCUT2D eigenvalue weighted by molar-refractivity contribution is -0.144. The average molecular weight is 252 g/mol. The van der Waals surface area contributed by atoms with Crippen molar-refractivity contribution in [1.82, 2.24) is 0 Å². The Labute approximate surface area is 101 Å². The topological polar surface area (TPSA) is 121 Å². The lowest BCUT2D eigenvalue weighted by Crippen LogP contribution is -2.50. The standard InChI is InChI=1S/C11H24O6/c1-11(2,3)4-6(13)8(15)10(17)9(16)7(14)5-12/h6-10,12-17H,4-5H2,1-3H3/t6-,7+,8+,9-,10+/m0/s1. The summed E-state index contributed by atoms with van der Waals surface area (Å²) in [5, 5.41) is 55.9. The smallest absolute Gasteiger partial charge is 0.111 e. The van der Waals surface area contributed by atoms with Gasteiger partial charge in [0.2, 0.25) is 0 Å². The first-order valence-corrected chi connectivity index (χ1v) is 5.61. The predicted octanol–water partition coefficient (Wildman–Crippen LogP) is -1.78. The minimum atomic E-state index is -1.71. The fourth-order valence-electron chi connectivity index (χ4n) is 1.51. The summed E-state index contributed by atoms with van der Waals surface area (Å²) in [6.45, 7) is 4.83. The van der Waals surface area contributed by atoms with E-state index in [0.717, 1.165) is 0 Å². The molecule has 0 aromatic rings. The van der Waals surface area contributed by atoms with Crippen LogP contribution >= 0.6 is 0 Å². The maximum atomic E-state index is 9.66. The van der Waals surface area contributed by atoms with Crippen LogP contribution in [0.15, 0.2) is 0 Å². The van der Waals surface area contributed by atoms with Gasteiger partial charge in [-0.3, -0.25) is 0 Å². The van der Waals surface area contributed by atoms with Crippen LogP contribution < -0.4 is 0 Å². The SMILES string of the molecule is CC(C)(C)C[C@H](O)[C@@H](O)[C@@H](O)[C@@H](O)[C@H](O)CO. The quantitative estimate of drug-likeness (QED) is 0.332. The Bertz CT molecular complexity index is 214. The monoisotopic (exact) mass is 252 g/mol. The van der Waals surface area contributed by atoms with Crippen LogP contribution in [0.2, 0.25) is 0 Å². The molecule has 0 bridgehead atoms. The molecule has 104 valence electrons. The first-order chi connectivity index (χ1) is 7.60. The lowest BCUT2D eigenvalue weighted by atomic mass is 9.85. The van der Waals surface area contributed by atoms with Gasteiger partial charge in [0.15, 0.2) is 0 Å². The Balaban J connectivity index is 4.43. The molecule has 0 fully saturated rings. The first kappa shape index (κ1) is 16.8. The molecule has 0 radical (unpaired) electrons. The predicted molar refractivity (Wildman–Crippen MR) is 61.2 cm³/mol. The molecule has 0 aliphatic heterocycles. The molecule has 0 rings (SSSR count). The Hall–Kier alpha value is -0.240. The average Bonchev–Trinajstić information content (AvgIpc) is 2.22. The maximum Gasteiger partial charge on any atom is 0.111 e. The molecule has 6 nitrogen and oxygen atoms in total. The second kappa shape index (κ2) is 6.63. The zero-order valence-corrected chi connectivity index (χ0v) is 10.5. The van der Waals surface area contributed by atoms with Gasteiger partial charge in [-0.1, -0.05) is 20.8 Å². The van der Waals surface area contributed by atoms with Crippen LogP contribution in [0.3, 0.4) is 0 Å². The van der Waals surface area contributed by atoms with E-state index in [2.05, 4.69) is 0 Å². The van der Waals surface area contributed by atoms with Gasteiger partial charge in [-0.05, 0) is 11.8 Å². The lowest BCUT2D eigenvalue weighted by Gasteiger charge is -2.31. The van der Waals surface area contributed by atoms with E-state index in [4.69, 9.17) is 10.2 Å². The van der Waals surface area contributed by atoms with Crippen molar-refractivity contribution in [3.8, 4) is 0 Å². The molecule has 0 amide bonds. The van der Waals surface area contributed by atoms with E-state index in [1.54, 1.807) is 0 Å². The van der Waals surface area contributed by atoms with Crippen molar-refractivity contribution in [3.63, 3.8) is 0 Å². The highest BCUT2D eigenvalue weighted by atomic mass is 16.4. The van der Waals surface area contributed by atoms with Gasteiger partial charge in [-0.2, -0.15) is 0 Å². The molecule has 0 saturated heterocycles. The maximum absolute atomic E-state index is 9.66. The number of rotatable bonds is 6. The van der Waals surface area contributed by atoms with Gasteiger partial charge in [0.05, 0.1) is 12.7 Å². The van der Waals surface area contributed by atoms with Crippen LogP contribution in [-0.2, 0) is 0 Å². The third-order valence-corrected chi connectivity index (χ3v) is 2.50. The molecule has 0 aromatic carbocycles. The molecule has 0 aliphatic rings. The number of hydrogen-bond donors (Lipinski definition) is 6. The van der Waals surface area contributed by atoms with E-state index in [1.807, 2.05) is 20.8 Å². The summed E-state index contributed by atoms with van der Waals surface area (Å²) in [5.41, 5.74) is -0.249. The highest BCUT2D eigenvalue weighted by Crippen LogP contribution is 2.23. The summed E-state index contributed by atoms with van der Waals surface area (Å²) in [6, 6.07) is 0. The number of hydrogen-bond acceptors (Lipinski definition) is 6. The van der Waals surface area contributed by atoms with E-state index in [9.17, 15) is 20.4 Å². The van der Waals surface area contributed by atoms with E-state index in [0.29, 0.717) is 0 Å². The number of aliphatic hydroxyl groups excluding tert-OH is 6. The van der Waals surface area contributed by atoms with Crippen LogP contribution in [0.25, 0.3) is 0 Å². The molecular weight excluding hydrogens is 228 g/mol. The highest BCUT2D eigenvalue weighted by Gasteiger charge is 2.35. The molecule has 17 heavy (non-hydrogen) atoms. The third-order valence-electron chi connectivity index (χ3n) is 2.50. The Morgan fingerprint density at radius 2 is 1.18 bits per heavy atom. The second-order valence-corrected chi connectivity index (χ2v) is 5.55. The molecule has 0 aliphatic carbocycles. The normalized spacial score (nSPS) is 21.7. The van der Waals surface area contributed by atoms with Crippen molar-refractivity contribution in [2.75, 3.05) is 6.61 Å². The zero-order valence-electron chi connectivity index (χ0n) is 10.5. The number of aliphatic hydroxyl groups is 6. The summed E-state index contributed by atoms with van der Waals surface area (Å²) >= 11 is 0. The van der Waals surface area contributed by atoms with Gasteiger partial charge in [0.1, 0.15) is 24.4 Å². The molecule has 6 N–H and O–H groups in total. The van der Waals surface area contributed by atoms with Crippen LogP contribution in [0.1, 0.15) is 27.2 Å². The van der Waals surface area contributed by atoms with Gasteiger partial charge >= 0.3 is 0 Å². The fourth-order valence-corrected chi connectivity index (χ4v) is 1.51. The molecule has 0 aromatic heterocycles. The Morgan fingerprint density at radius 1 is 0.765 bits per heavy atom. The van der Waals surface area contributed by atoms with Crippen molar-refractivity contribution >= 4 is 0 Å². The molecule has 0 heterocycles. The van der Waals surface area contributed by atoms with Gasteiger partial charge < -0.3 is 30.6 Å². The second-order valence-electron chi connectivity index (χ2n) is 5.55. The molecular formula is C11H24O6. The van der Waals surface area contributed by atoms with Crippen molar-refractivity contribution in [3.05, 3.63) is 0 Å². The van der Waals surface area contributed by atoms with Crippen LogP contribution in [-0.4, -0.2) is 67.8 Å². The Morgan fingerprint density at radius 3 is 1.53 bits per heavy atom. The van der Waals surface area contributed by atoms with Crippen molar-refractivity contribution in [2.45, 2.75) is 57.7 Å². The summed E-state index contributed by atoms with van der Waals surface area (Å²) in [6.07, 6.45) is -7.54. The fraction of sp³-hybridized carbons (Fsp3) is 1.00.